The van der Waals surface area contributed by atoms with E-state index in [0.717, 1.165) is 0 Å². The van der Waals surface area contributed by atoms with Gasteiger partial charge in [0.25, 0.3) is 0 Å². The Labute approximate surface area is 176 Å². The highest BCUT2D eigenvalue weighted by Crippen LogP contribution is 2.39. The van der Waals surface area contributed by atoms with Crippen LogP contribution in [0.4, 0.5) is 5.82 Å². The van der Waals surface area contributed by atoms with Crippen molar-refractivity contribution in [3.05, 3.63) is 57.7 Å². The summed E-state index contributed by atoms with van der Waals surface area (Å²) in [6, 6.07) is 5.95. The van der Waals surface area contributed by atoms with E-state index in [1.54, 1.807) is 32.2 Å². The molecular formula is C20H17ClN6O3. The number of anilines is 1. The highest BCUT2D eigenvalue weighted by Gasteiger charge is 2.34. The van der Waals surface area contributed by atoms with Gasteiger partial charge < -0.3 is 15.3 Å². The van der Waals surface area contributed by atoms with Gasteiger partial charge >= 0.3 is 0 Å². The molecule has 30 heavy (non-hydrogen) atoms. The van der Waals surface area contributed by atoms with Crippen molar-refractivity contribution in [3.63, 3.8) is 0 Å². The zero-order valence-corrected chi connectivity index (χ0v) is 16.8. The molecule has 0 bridgehead atoms. The maximum absolute atomic E-state index is 11.0. The van der Waals surface area contributed by atoms with Crippen LogP contribution in [0.25, 0.3) is 16.6 Å². The van der Waals surface area contributed by atoms with Crippen LogP contribution >= 0.6 is 11.6 Å². The summed E-state index contributed by atoms with van der Waals surface area (Å²) in [7, 11) is 1.65. The van der Waals surface area contributed by atoms with Gasteiger partial charge in [0.05, 0.1) is 23.3 Å². The lowest BCUT2D eigenvalue weighted by atomic mass is 9.96. The normalized spacial score (nSPS) is 16.4. The molecule has 4 N–H and O–H groups in total. The lowest BCUT2D eigenvalue weighted by Crippen LogP contribution is -2.38. The van der Waals surface area contributed by atoms with E-state index in [9.17, 15) is 20.6 Å². The van der Waals surface area contributed by atoms with Crippen molar-refractivity contribution in [2.45, 2.75) is 19.6 Å². The number of rotatable bonds is 2. The monoisotopic (exact) mass is 424 g/mol. The van der Waals surface area contributed by atoms with Crippen molar-refractivity contribution >= 4 is 34.0 Å². The third kappa shape index (κ3) is 3.07. The number of benzene rings is 1. The summed E-state index contributed by atoms with van der Waals surface area (Å²) in [6.07, 6.45) is 1.41. The Kier molecular flexibility index (Phi) is 4.91. The van der Waals surface area contributed by atoms with Crippen LogP contribution in [0.5, 0.6) is 5.75 Å². The van der Waals surface area contributed by atoms with Crippen LogP contribution in [-0.4, -0.2) is 37.3 Å². The van der Waals surface area contributed by atoms with E-state index in [0.29, 0.717) is 33.1 Å². The zero-order valence-electron chi connectivity index (χ0n) is 16.0. The minimum Gasteiger partial charge on any atom is -0.509 e. The number of aromatic nitrogens is 3. The molecule has 1 aliphatic rings. The number of nitrogens with zero attached hydrogens (tertiary/aromatic N) is 5. The average molecular weight is 425 g/mol. The van der Waals surface area contributed by atoms with Gasteiger partial charge in [-0.05, 0) is 25.1 Å². The van der Waals surface area contributed by atoms with Crippen molar-refractivity contribution < 1.29 is 15.3 Å². The number of aromatic hydroxyl groups is 1. The molecule has 0 amide bonds. The van der Waals surface area contributed by atoms with Gasteiger partial charge in [0.1, 0.15) is 34.9 Å². The lowest BCUT2D eigenvalue weighted by Gasteiger charge is -2.26. The molecule has 1 aliphatic heterocycles. The van der Waals surface area contributed by atoms with Gasteiger partial charge in [0.2, 0.25) is 0 Å². The van der Waals surface area contributed by atoms with E-state index < -0.39 is 12.6 Å². The number of aryl methyl sites for hydroxylation is 1. The molecule has 4 rings (SSSR count). The summed E-state index contributed by atoms with van der Waals surface area (Å²) in [4.78, 5) is 13.1. The maximum Gasteiger partial charge on any atom is 0.170 e. The number of allylic oxidation sites excluding steroid dienone is 1. The topological polar surface area (TPSA) is 138 Å². The predicted molar refractivity (Wildman–Crippen MR) is 111 cm³/mol. The van der Waals surface area contributed by atoms with Crippen molar-refractivity contribution in [1.82, 2.24) is 20.4 Å². The first-order valence-corrected chi connectivity index (χ1v) is 9.32. The van der Waals surface area contributed by atoms with Gasteiger partial charge in [-0.2, -0.15) is 5.26 Å². The number of hydrazine groups is 1. The quantitative estimate of drug-likeness (QED) is 0.488. The Morgan fingerprint density at radius 1 is 1.27 bits per heavy atom. The van der Waals surface area contributed by atoms with Crippen molar-refractivity contribution in [3.8, 4) is 11.8 Å². The van der Waals surface area contributed by atoms with Crippen LogP contribution in [0.2, 0.25) is 5.02 Å². The molecule has 3 heterocycles. The fourth-order valence-electron chi connectivity index (χ4n) is 3.41. The summed E-state index contributed by atoms with van der Waals surface area (Å²) in [5.74, 6) is -0.249. The second kappa shape index (κ2) is 7.42. The molecule has 0 saturated heterocycles. The number of nitriles is 1. The molecule has 1 atom stereocenters. The summed E-state index contributed by atoms with van der Waals surface area (Å²) in [5.41, 5.74) is 4.93. The first-order chi connectivity index (χ1) is 14.3. The summed E-state index contributed by atoms with van der Waals surface area (Å²) in [6.45, 7) is 1.18. The summed E-state index contributed by atoms with van der Waals surface area (Å²) >= 11 is 6.06. The summed E-state index contributed by atoms with van der Waals surface area (Å²) in [5, 5.41) is 43.2. The van der Waals surface area contributed by atoms with Gasteiger partial charge in [-0.1, -0.05) is 11.6 Å². The molecule has 0 saturated carbocycles. The Balaban J connectivity index is 1.99. The molecule has 1 unspecified atom stereocenters. The second-order valence-corrected chi connectivity index (χ2v) is 7.25. The Morgan fingerprint density at radius 2 is 2.03 bits per heavy atom. The molecular weight excluding hydrogens is 408 g/mol. The van der Waals surface area contributed by atoms with Gasteiger partial charge in [-0.25, -0.2) is 15.4 Å². The highest BCUT2D eigenvalue weighted by molar-refractivity contribution is 6.31. The Bertz CT molecular complexity index is 1250. The standard InChI is InChI=1S/C20H17ClN6O3/c1-9-18(29)15(10(8-28)7-23-9)17-19(30)12(6-22)16-20(27(2)26-17)25-13-4-3-11(21)5-14(13)24-16/h3-5,7,17,26,28-30H,8H2,1-2H3. The van der Waals surface area contributed by atoms with Crippen molar-refractivity contribution in [2.24, 2.45) is 0 Å². The van der Waals surface area contributed by atoms with E-state index in [1.165, 1.54) is 11.2 Å². The fraction of sp³-hybridized carbons (Fsp3) is 0.200. The van der Waals surface area contributed by atoms with Gasteiger partial charge in [-0.15, -0.1) is 0 Å². The number of aliphatic hydroxyl groups is 2. The van der Waals surface area contributed by atoms with Crippen LogP contribution in [0.15, 0.2) is 30.2 Å². The maximum atomic E-state index is 11.0. The molecule has 3 aromatic rings. The minimum absolute atomic E-state index is 0.112. The van der Waals surface area contributed by atoms with Crippen molar-refractivity contribution in [1.29, 1.82) is 5.26 Å². The average Bonchev–Trinajstić information content (AvgIpc) is 2.82. The Morgan fingerprint density at radius 3 is 2.73 bits per heavy atom. The Hall–Kier alpha value is -3.45. The van der Waals surface area contributed by atoms with Crippen molar-refractivity contribution in [2.75, 3.05) is 12.1 Å². The van der Waals surface area contributed by atoms with E-state index in [-0.39, 0.29) is 28.3 Å². The first kappa shape index (κ1) is 19.8. The van der Waals surface area contributed by atoms with E-state index in [2.05, 4.69) is 20.4 Å². The second-order valence-electron chi connectivity index (χ2n) is 6.81. The number of halogens is 1. The fourth-order valence-corrected chi connectivity index (χ4v) is 3.58. The molecule has 0 fully saturated rings. The molecule has 0 aliphatic carbocycles. The van der Waals surface area contributed by atoms with E-state index in [4.69, 9.17) is 11.6 Å². The number of aliphatic hydroxyl groups excluding tert-OH is 2. The van der Waals surface area contributed by atoms with E-state index >= 15 is 0 Å². The van der Waals surface area contributed by atoms with Crippen LogP contribution < -0.4 is 10.4 Å². The number of fused-ring (bicyclic) bond motifs is 2. The first-order valence-electron chi connectivity index (χ1n) is 8.94. The van der Waals surface area contributed by atoms with Crippen LogP contribution in [0.1, 0.15) is 28.6 Å². The molecule has 152 valence electrons. The smallest absolute Gasteiger partial charge is 0.170 e. The van der Waals surface area contributed by atoms with E-state index in [1.807, 2.05) is 6.07 Å². The van der Waals surface area contributed by atoms with Gasteiger partial charge in [0, 0.05) is 29.4 Å². The molecule has 9 nitrogen and oxygen atoms in total. The largest absolute Gasteiger partial charge is 0.509 e. The molecule has 1 aromatic carbocycles. The number of hydrogen-bond acceptors (Lipinski definition) is 9. The number of pyridine rings is 1. The third-order valence-electron chi connectivity index (χ3n) is 4.94. The number of nitrogens with one attached hydrogen (secondary N) is 1. The zero-order chi connectivity index (χ0) is 21.6. The van der Waals surface area contributed by atoms with Crippen LogP contribution in [0, 0.1) is 18.3 Å². The predicted octanol–water partition coefficient (Wildman–Crippen LogP) is 2.67. The van der Waals surface area contributed by atoms with Crippen LogP contribution in [0.3, 0.4) is 0 Å². The summed E-state index contributed by atoms with van der Waals surface area (Å²) < 4.78 is 0. The third-order valence-corrected chi connectivity index (χ3v) is 5.18. The SMILES string of the molecule is Cc1ncc(CO)c(C2NN(C)c3nc4ccc(Cl)cc4nc3C(C#N)=C2O)c1O. The molecule has 2 aromatic heterocycles. The molecule has 10 heteroatoms. The number of hydrogen-bond donors (Lipinski definition) is 4. The van der Waals surface area contributed by atoms with Gasteiger partial charge in [-0.3, -0.25) is 9.99 Å². The van der Waals surface area contributed by atoms with Gasteiger partial charge in [0.15, 0.2) is 5.82 Å². The highest BCUT2D eigenvalue weighted by atomic mass is 35.5. The molecule has 0 spiro atoms. The van der Waals surface area contributed by atoms with Crippen LogP contribution in [-0.2, 0) is 6.61 Å². The minimum atomic E-state index is -1.05. The lowest BCUT2D eigenvalue weighted by molar-refractivity contribution is 0.274. The molecule has 0 radical (unpaired) electrons.